The Kier molecular flexibility index (Phi) is 2.38. The Labute approximate surface area is 89.1 Å². The van der Waals surface area contributed by atoms with Crippen LogP contribution in [0.3, 0.4) is 0 Å². The summed E-state index contributed by atoms with van der Waals surface area (Å²) >= 11 is 0. The predicted octanol–water partition coefficient (Wildman–Crippen LogP) is 0.0182. The van der Waals surface area contributed by atoms with Crippen molar-refractivity contribution >= 4 is 15.7 Å². The van der Waals surface area contributed by atoms with E-state index in [2.05, 4.69) is 9.97 Å². The van der Waals surface area contributed by atoms with Crippen LogP contribution in [-0.2, 0) is 9.84 Å². The van der Waals surface area contributed by atoms with Crippen molar-refractivity contribution in [3.8, 4) is 0 Å². The van der Waals surface area contributed by atoms with Crippen molar-refractivity contribution in [1.29, 1.82) is 0 Å². The molecular weight excluding hydrogens is 214 g/mol. The minimum atomic E-state index is -2.90. The van der Waals surface area contributed by atoms with Crippen LogP contribution in [0.25, 0.3) is 0 Å². The minimum Gasteiger partial charge on any atom is -0.354 e. The van der Waals surface area contributed by atoms with E-state index in [-0.39, 0.29) is 5.25 Å². The molecule has 0 unspecified atom stereocenters. The highest BCUT2D eigenvalue weighted by Crippen LogP contribution is 2.21. The topological polar surface area (TPSA) is 63.2 Å². The fourth-order valence-electron chi connectivity index (χ4n) is 1.52. The van der Waals surface area contributed by atoms with Gasteiger partial charge in [-0.15, -0.1) is 0 Å². The maximum Gasteiger partial charge on any atom is 0.153 e. The van der Waals surface area contributed by atoms with Crippen molar-refractivity contribution in [3.05, 3.63) is 18.1 Å². The molecule has 0 saturated carbocycles. The number of anilines is 1. The highest BCUT2D eigenvalue weighted by Gasteiger charge is 2.35. The molecule has 82 valence electrons. The van der Waals surface area contributed by atoms with Crippen LogP contribution in [0.15, 0.2) is 12.3 Å². The lowest BCUT2D eigenvalue weighted by Gasteiger charge is -2.38. The molecule has 2 rings (SSSR count). The van der Waals surface area contributed by atoms with Gasteiger partial charge in [0.1, 0.15) is 11.6 Å². The van der Waals surface area contributed by atoms with Gasteiger partial charge in [-0.05, 0) is 13.0 Å². The van der Waals surface area contributed by atoms with Crippen LogP contribution in [0, 0.1) is 6.92 Å². The molecule has 1 aromatic rings. The van der Waals surface area contributed by atoms with Crippen molar-refractivity contribution in [2.75, 3.05) is 24.2 Å². The third-order valence-electron chi connectivity index (χ3n) is 2.54. The Morgan fingerprint density at radius 1 is 1.47 bits per heavy atom. The highest BCUT2D eigenvalue weighted by molar-refractivity contribution is 7.91. The number of aromatic nitrogens is 2. The van der Waals surface area contributed by atoms with E-state index in [4.69, 9.17) is 0 Å². The molecule has 1 saturated heterocycles. The molecule has 1 aliphatic rings. The lowest BCUT2D eigenvalue weighted by atomic mass is 10.2. The van der Waals surface area contributed by atoms with Gasteiger partial charge in [0.15, 0.2) is 9.84 Å². The molecule has 0 aromatic carbocycles. The summed E-state index contributed by atoms with van der Waals surface area (Å²) in [5.41, 5.74) is 0. The first-order chi connectivity index (χ1) is 6.97. The SMILES string of the molecule is Cc1nccc(N2CC(S(C)(=O)=O)C2)n1. The summed E-state index contributed by atoms with van der Waals surface area (Å²) in [6.07, 6.45) is 2.96. The van der Waals surface area contributed by atoms with E-state index in [9.17, 15) is 8.42 Å². The molecule has 1 aromatic heterocycles. The lowest BCUT2D eigenvalue weighted by molar-refractivity contribution is 0.543. The molecule has 5 nitrogen and oxygen atoms in total. The fraction of sp³-hybridized carbons (Fsp3) is 0.556. The standard InChI is InChI=1S/C9H13N3O2S/c1-7-10-4-3-9(11-7)12-5-8(6-12)15(2,13)14/h3-4,8H,5-6H2,1-2H3. The van der Waals surface area contributed by atoms with Crippen LogP contribution in [0.5, 0.6) is 0 Å². The summed E-state index contributed by atoms with van der Waals surface area (Å²) in [6.45, 7) is 2.89. The Morgan fingerprint density at radius 3 is 2.67 bits per heavy atom. The minimum absolute atomic E-state index is 0.243. The van der Waals surface area contributed by atoms with E-state index in [1.54, 1.807) is 12.3 Å². The molecule has 15 heavy (non-hydrogen) atoms. The summed E-state index contributed by atoms with van der Waals surface area (Å²) in [5, 5.41) is -0.243. The van der Waals surface area contributed by atoms with E-state index in [0.717, 1.165) is 5.82 Å². The lowest BCUT2D eigenvalue weighted by Crippen LogP contribution is -2.54. The second-order valence-corrected chi connectivity index (χ2v) is 6.14. The summed E-state index contributed by atoms with van der Waals surface area (Å²) in [7, 11) is -2.90. The first kappa shape index (κ1) is 10.4. The molecule has 2 heterocycles. The summed E-state index contributed by atoms with van der Waals surface area (Å²) in [4.78, 5) is 10.2. The fourth-order valence-corrected chi connectivity index (χ4v) is 2.42. The molecule has 1 fully saturated rings. The Hall–Kier alpha value is -1.17. The number of aryl methyl sites for hydroxylation is 1. The summed E-state index contributed by atoms with van der Waals surface area (Å²) in [6, 6.07) is 1.80. The molecule has 0 spiro atoms. The van der Waals surface area contributed by atoms with Crippen molar-refractivity contribution < 1.29 is 8.42 Å². The third kappa shape index (κ3) is 2.09. The van der Waals surface area contributed by atoms with Gasteiger partial charge in [-0.25, -0.2) is 18.4 Å². The normalized spacial score (nSPS) is 17.6. The van der Waals surface area contributed by atoms with Crippen molar-refractivity contribution in [1.82, 2.24) is 9.97 Å². The molecular formula is C9H13N3O2S. The van der Waals surface area contributed by atoms with Gasteiger partial charge in [0.2, 0.25) is 0 Å². The zero-order valence-electron chi connectivity index (χ0n) is 8.71. The van der Waals surface area contributed by atoms with Gasteiger partial charge < -0.3 is 4.90 Å². The van der Waals surface area contributed by atoms with Gasteiger partial charge in [-0.1, -0.05) is 0 Å². The molecule has 1 aliphatic heterocycles. The predicted molar refractivity (Wildman–Crippen MR) is 57.6 cm³/mol. The Bertz CT molecular complexity index is 466. The van der Waals surface area contributed by atoms with Crippen LogP contribution >= 0.6 is 0 Å². The van der Waals surface area contributed by atoms with Crippen molar-refractivity contribution in [3.63, 3.8) is 0 Å². The van der Waals surface area contributed by atoms with Gasteiger partial charge in [-0.3, -0.25) is 0 Å². The van der Waals surface area contributed by atoms with Gasteiger partial charge >= 0.3 is 0 Å². The van der Waals surface area contributed by atoms with Crippen LogP contribution in [0.4, 0.5) is 5.82 Å². The van der Waals surface area contributed by atoms with Crippen LogP contribution < -0.4 is 4.90 Å². The zero-order valence-corrected chi connectivity index (χ0v) is 9.53. The molecule has 0 N–H and O–H groups in total. The largest absolute Gasteiger partial charge is 0.354 e. The molecule has 0 bridgehead atoms. The maximum atomic E-state index is 11.2. The smallest absolute Gasteiger partial charge is 0.153 e. The van der Waals surface area contributed by atoms with Crippen LogP contribution in [-0.4, -0.2) is 43.0 Å². The second-order valence-electron chi connectivity index (χ2n) is 3.82. The highest BCUT2D eigenvalue weighted by atomic mass is 32.2. The maximum absolute atomic E-state index is 11.2. The van der Waals surface area contributed by atoms with E-state index in [0.29, 0.717) is 18.9 Å². The third-order valence-corrected chi connectivity index (χ3v) is 4.05. The van der Waals surface area contributed by atoms with E-state index in [1.807, 2.05) is 11.8 Å². The summed E-state index contributed by atoms with van der Waals surface area (Å²) in [5.74, 6) is 1.51. The number of hydrogen-bond acceptors (Lipinski definition) is 5. The van der Waals surface area contributed by atoms with Gasteiger partial charge in [0.25, 0.3) is 0 Å². The number of nitrogens with zero attached hydrogens (tertiary/aromatic N) is 3. The van der Waals surface area contributed by atoms with E-state index >= 15 is 0 Å². The Balaban J connectivity index is 2.07. The zero-order chi connectivity index (χ0) is 11.1. The molecule has 0 radical (unpaired) electrons. The molecule has 6 heteroatoms. The van der Waals surface area contributed by atoms with Gasteiger partial charge in [0, 0.05) is 25.5 Å². The van der Waals surface area contributed by atoms with Gasteiger partial charge in [0.05, 0.1) is 5.25 Å². The monoisotopic (exact) mass is 227 g/mol. The van der Waals surface area contributed by atoms with Gasteiger partial charge in [-0.2, -0.15) is 0 Å². The summed E-state index contributed by atoms with van der Waals surface area (Å²) < 4.78 is 22.4. The average molecular weight is 227 g/mol. The average Bonchev–Trinajstić information content (AvgIpc) is 1.97. The molecule has 0 amide bonds. The number of rotatable bonds is 2. The first-order valence-electron chi connectivity index (χ1n) is 4.70. The molecule has 0 aliphatic carbocycles. The Morgan fingerprint density at radius 2 is 2.13 bits per heavy atom. The molecule has 0 atom stereocenters. The first-order valence-corrected chi connectivity index (χ1v) is 6.66. The second kappa shape index (κ2) is 3.44. The van der Waals surface area contributed by atoms with Crippen molar-refractivity contribution in [2.45, 2.75) is 12.2 Å². The van der Waals surface area contributed by atoms with Crippen LogP contribution in [0.1, 0.15) is 5.82 Å². The van der Waals surface area contributed by atoms with E-state index < -0.39 is 9.84 Å². The van der Waals surface area contributed by atoms with Crippen molar-refractivity contribution in [2.24, 2.45) is 0 Å². The van der Waals surface area contributed by atoms with E-state index in [1.165, 1.54) is 6.26 Å². The number of sulfone groups is 1. The number of hydrogen-bond donors (Lipinski definition) is 0. The quantitative estimate of drug-likeness (QED) is 0.712. The van der Waals surface area contributed by atoms with Crippen LogP contribution in [0.2, 0.25) is 0 Å².